The molecule has 0 spiro atoms. The van der Waals surface area contributed by atoms with E-state index < -0.39 is 0 Å². The maximum atomic E-state index is 11.1. The number of nitriles is 1. The second-order valence-electron chi connectivity index (χ2n) is 2.67. The minimum atomic E-state index is -0.239. The molecule has 0 bridgehead atoms. The summed E-state index contributed by atoms with van der Waals surface area (Å²) in [4.78, 5) is 11.1. The zero-order valence-electron chi connectivity index (χ0n) is 7.87. The Morgan fingerprint density at radius 1 is 1.43 bits per heavy atom. The summed E-state index contributed by atoms with van der Waals surface area (Å²) in [5, 5.41) is 13.8. The third-order valence-corrected chi connectivity index (χ3v) is 1.61. The third-order valence-electron chi connectivity index (χ3n) is 1.61. The van der Waals surface area contributed by atoms with E-state index in [0.29, 0.717) is 17.8 Å². The summed E-state index contributed by atoms with van der Waals surface area (Å²) in [6.07, 6.45) is 0. The molecule has 0 aliphatic rings. The fraction of sp³-hybridized carbons (Fsp3) is 0.200. The van der Waals surface area contributed by atoms with Gasteiger partial charge in [-0.1, -0.05) is 0 Å². The van der Waals surface area contributed by atoms with E-state index in [2.05, 4.69) is 10.6 Å². The number of hydrogen-bond acceptors (Lipinski definition) is 2. The van der Waals surface area contributed by atoms with Crippen molar-refractivity contribution < 1.29 is 4.79 Å². The van der Waals surface area contributed by atoms with E-state index >= 15 is 0 Å². The molecule has 0 aliphatic heterocycles. The minimum Gasteiger partial charge on any atom is -0.338 e. The molecule has 0 aliphatic carbocycles. The van der Waals surface area contributed by atoms with Crippen molar-refractivity contribution >= 4 is 11.7 Å². The number of urea groups is 1. The third kappa shape index (κ3) is 2.79. The summed E-state index contributed by atoms with van der Waals surface area (Å²) >= 11 is 0. The molecule has 2 amide bonds. The SMILES string of the molecule is CCNC(=O)Nc1ccc(C#N)cc1. The highest BCUT2D eigenvalue weighted by Crippen LogP contribution is 2.07. The number of hydrogen-bond donors (Lipinski definition) is 2. The standard InChI is InChI=1S/C10H11N3O/c1-2-12-10(14)13-9-5-3-8(7-11)4-6-9/h3-6H,2H2,1H3,(H2,12,13,14). The number of nitrogens with one attached hydrogen (secondary N) is 2. The van der Waals surface area contributed by atoms with Gasteiger partial charge in [0.05, 0.1) is 11.6 Å². The Hall–Kier alpha value is -2.02. The predicted molar refractivity (Wildman–Crippen MR) is 53.9 cm³/mol. The minimum absolute atomic E-state index is 0.239. The average Bonchev–Trinajstić information content (AvgIpc) is 2.19. The summed E-state index contributed by atoms with van der Waals surface area (Å²) in [7, 11) is 0. The van der Waals surface area contributed by atoms with Gasteiger partial charge in [-0.3, -0.25) is 0 Å². The Kier molecular flexibility index (Phi) is 3.50. The Bertz CT molecular complexity index is 351. The lowest BCUT2D eigenvalue weighted by Crippen LogP contribution is -2.28. The van der Waals surface area contributed by atoms with E-state index in [1.807, 2.05) is 13.0 Å². The summed E-state index contributed by atoms with van der Waals surface area (Å²) in [5.41, 5.74) is 1.25. The molecular weight excluding hydrogens is 178 g/mol. The molecule has 1 rings (SSSR count). The fourth-order valence-electron chi connectivity index (χ4n) is 0.964. The maximum absolute atomic E-state index is 11.1. The largest absolute Gasteiger partial charge is 0.338 e. The van der Waals surface area contributed by atoms with Gasteiger partial charge >= 0.3 is 6.03 Å². The van der Waals surface area contributed by atoms with E-state index in [9.17, 15) is 4.79 Å². The molecule has 2 N–H and O–H groups in total. The molecule has 72 valence electrons. The average molecular weight is 189 g/mol. The number of amides is 2. The van der Waals surface area contributed by atoms with Crippen LogP contribution in [0.4, 0.5) is 10.5 Å². The van der Waals surface area contributed by atoms with Gasteiger partial charge in [-0.15, -0.1) is 0 Å². The van der Waals surface area contributed by atoms with Gasteiger partial charge in [-0.05, 0) is 31.2 Å². The monoisotopic (exact) mass is 189 g/mol. The van der Waals surface area contributed by atoms with Crippen molar-refractivity contribution in [2.45, 2.75) is 6.92 Å². The van der Waals surface area contributed by atoms with Gasteiger partial charge in [-0.2, -0.15) is 5.26 Å². The van der Waals surface area contributed by atoms with Gasteiger partial charge in [0.15, 0.2) is 0 Å². The number of nitrogens with zero attached hydrogens (tertiary/aromatic N) is 1. The van der Waals surface area contributed by atoms with Crippen LogP contribution in [0.3, 0.4) is 0 Å². The maximum Gasteiger partial charge on any atom is 0.319 e. The fourth-order valence-corrected chi connectivity index (χ4v) is 0.964. The molecule has 0 saturated heterocycles. The summed E-state index contributed by atoms with van der Waals surface area (Å²) in [6, 6.07) is 8.45. The van der Waals surface area contributed by atoms with Gasteiger partial charge < -0.3 is 10.6 Å². The van der Waals surface area contributed by atoms with Crippen LogP contribution in [0, 0.1) is 11.3 Å². The molecule has 0 fully saturated rings. The van der Waals surface area contributed by atoms with Crippen molar-refractivity contribution in [1.29, 1.82) is 5.26 Å². The zero-order chi connectivity index (χ0) is 10.4. The quantitative estimate of drug-likeness (QED) is 0.743. The molecular formula is C10H11N3O. The van der Waals surface area contributed by atoms with Gasteiger partial charge in [0, 0.05) is 12.2 Å². The molecule has 0 aromatic heterocycles. The predicted octanol–water partition coefficient (Wildman–Crippen LogP) is 1.70. The topological polar surface area (TPSA) is 64.9 Å². The lowest BCUT2D eigenvalue weighted by Gasteiger charge is -2.04. The molecule has 4 heteroatoms. The highest BCUT2D eigenvalue weighted by Gasteiger charge is 1.98. The van der Waals surface area contributed by atoms with Crippen LogP contribution in [-0.4, -0.2) is 12.6 Å². The molecule has 0 radical (unpaired) electrons. The first-order valence-electron chi connectivity index (χ1n) is 4.31. The van der Waals surface area contributed by atoms with Crippen LogP contribution in [-0.2, 0) is 0 Å². The smallest absolute Gasteiger partial charge is 0.319 e. The summed E-state index contributed by atoms with van der Waals surface area (Å²) < 4.78 is 0. The van der Waals surface area contributed by atoms with Gasteiger partial charge in [0.1, 0.15) is 0 Å². The van der Waals surface area contributed by atoms with Gasteiger partial charge in [0.2, 0.25) is 0 Å². The lowest BCUT2D eigenvalue weighted by molar-refractivity contribution is 0.252. The zero-order valence-corrected chi connectivity index (χ0v) is 7.87. The van der Waals surface area contributed by atoms with Crippen molar-refractivity contribution in [3.63, 3.8) is 0 Å². The Labute approximate surface area is 82.5 Å². The van der Waals surface area contributed by atoms with Crippen molar-refractivity contribution in [3.8, 4) is 6.07 Å². The van der Waals surface area contributed by atoms with E-state index in [1.54, 1.807) is 24.3 Å². The second-order valence-corrected chi connectivity index (χ2v) is 2.67. The number of benzene rings is 1. The number of carbonyl (C=O) groups excluding carboxylic acids is 1. The van der Waals surface area contributed by atoms with Crippen LogP contribution < -0.4 is 10.6 Å². The molecule has 1 aromatic carbocycles. The number of anilines is 1. The first-order valence-corrected chi connectivity index (χ1v) is 4.31. The van der Waals surface area contributed by atoms with E-state index in [-0.39, 0.29) is 6.03 Å². The van der Waals surface area contributed by atoms with E-state index in [1.165, 1.54) is 0 Å². The van der Waals surface area contributed by atoms with Crippen LogP contribution in [0.5, 0.6) is 0 Å². The molecule has 0 atom stereocenters. The molecule has 4 nitrogen and oxygen atoms in total. The Balaban J connectivity index is 2.61. The molecule has 14 heavy (non-hydrogen) atoms. The first kappa shape index (κ1) is 10.1. The van der Waals surface area contributed by atoms with Crippen molar-refractivity contribution in [1.82, 2.24) is 5.32 Å². The van der Waals surface area contributed by atoms with Crippen LogP contribution in [0.1, 0.15) is 12.5 Å². The molecule has 1 aromatic rings. The van der Waals surface area contributed by atoms with Crippen LogP contribution >= 0.6 is 0 Å². The molecule has 0 saturated carbocycles. The summed E-state index contributed by atoms with van der Waals surface area (Å²) in [5.74, 6) is 0. The van der Waals surface area contributed by atoms with Crippen LogP contribution in [0.15, 0.2) is 24.3 Å². The Morgan fingerprint density at radius 3 is 2.57 bits per heavy atom. The van der Waals surface area contributed by atoms with Gasteiger partial charge in [-0.25, -0.2) is 4.79 Å². The van der Waals surface area contributed by atoms with E-state index in [4.69, 9.17) is 5.26 Å². The lowest BCUT2D eigenvalue weighted by atomic mass is 10.2. The number of rotatable bonds is 2. The van der Waals surface area contributed by atoms with E-state index in [0.717, 1.165) is 0 Å². The van der Waals surface area contributed by atoms with Crippen molar-refractivity contribution in [2.75, 3.05) is 11.9 Å². The first-order chi connectivity index (χ1) is 6.76. The molecule has 0 unspecified atom stereocenters. The number of carbonyl (C=O) groups is 1. The van der Waals surface area contributed by atoms with Gasteiger partial charge in [0.25, 0.3) is 0 Å². The second kappa shape index (κ2) is 4.87. The summed E-state index contributed by atoms with van der Waals surface area (Å²) in [6.45, 7) is 2.43. The van der Waals surface area contributed by atoms with Crippen molar-refractivity contribution in [3.05, 3.63) is 29.8 Å². The van der Waals surface area contributed by atoms with Crippen LogP contribution in [0.2, 0.25) is 0 Å². The Morgan fingerprint density at radius 2 is 2.07 bits per heavy atom. The highest BCUT2D eigenvalue weighted by molar-refractivity contribution is 5.89. The molecule has 0 heterocycles. The normalized spacial score (nSPS) is 8.86. The highest BCUT2D eigenvalue weighted by atomic mass is 16.2. The van der Waals surface area contributed by atoms with Crippen molar-refractivity contribution in [2.24, 2.45) is 0 Å². The van der Waals surface area contributed by atoms with Crippen LogP contribution in [0.25, 0.3) is 0 Å².